The summed E-state index contributed by atoms with van der Waals surface area (Å²) in [4.78, 5) is 12.6. The number of nitrogens with one attached hydrogen (secondary N) is 1. The van der Waals surface area contributed by atoms with Crippen LogP contribution in [0, 0.1) is 16.0 Å². The third-order valence-electron chi connectivity index (χ3n) is 3.57. The van der Waals surface area contributed by atoms with Crippen molar-refractivity contribution in [1.82, 2.24) is 0 Å². The molecule has 1 N–H and O–H groups in total. The van der Waals surface area contributed by atoms with Crippen LogP contribution in [-0.2, 0) is 9.47 Å². The summed E-state index contributed by atoms with van der Waals surface area (Å²) in [6.07, 6.45) is -0.201. The predicted octanol–water partition coefficient (Wildman–Crippen LogP) is 1.69. The number of nitro groups is 1. The molecule has 2 rings (SSSR count). The van der Waals surface area contributed by atoms with Crippen molar-refractivity contribution in [3.63, 3.8) is 0 Å². The molecule has 0 unspecified atom stereocenters. The van der Waals surface area contributed by atoms with Crippen LogP contribution in [-0.4, -0.2) is 45.6 Å². The van der Waals surface area contributed by atoms with Gasteiger partial charge < -0.3 is 19.7 Å². The Balaban J connectivity index is 2.07. The lowest BCUT2D eigenvalue weighted by Crippen LogP contribution is -2.53. The molecule has 0 aliphatic carbocycles. The lowest BCUT2D eigenvalue weighted by atomic mass is 9.98. The molecule has 0 saturated carbocycles. The van der Waals surface area contributed by atoms with Crippen LogP contribution in [0.5, 0.6) is 0 Å². The Morgan fingerprint density at radius 1 is 1.40 bits per heavy atom. The van der Waals surface area contributed by atoms with Gasteiger partial charge in [0.1, 0.15) is 5.69 Å². The fraction of sp³-hybridized carbons (Fsp3) is 0.538. The van der Waals surface area contributed by atoms with Crippen molar-refractivity contribution in [2.75, 3.05) is 44.6 Å². The Hall–Kier alpha value is -1.86. The molecule has 1 saturated heterocycles. The molecule has 0 spiro atoms. The smallest absolute Gasteiger partial charge is 0.292 e. The zero-order chi connectivity index (χ0) is 14.7. The number of benzene rings is 1. The highest BCUT2D eigenvalue weighted by Crippen LogP contribution is 2.33. The average molecular weight is 281 g/mol. The van der Waals surface area contributed by atoms with E-state index in [-0.39, 0.29) is 16.9 Å². The number of rotatable bonds is 6. The molecule has 1 fully saturated rings. The predicted molar refractivity (Wildman–Crippen MR) is 76.2 cm³/mol. The van der Waals surface area contributed by atoms with Crippen molar-refractivity contribution in [2.45, 2.75) is 6.29 Å². The van der Waals surface area contributed by atoms with Crippen molar-refractivity contribution in [2.24, 2.45) is 5.92 Å². The molecule has 1 aliphatic rings. The summed E-state index contributed by atoms with van der Waals surface area (Å²) in [5, 5.41) is 13.7. The molecule has 1 heterocycles. The van der Waals surface area contributed by atoms with Gasteiger partial charge >= 0.3 is 0 Å². The summed E-state index contributed by atoms with van der Waals surface area (Å²) >= 11 is 0. The minimum atomic E-state index is -0.388. The number of nitro benzene ring substituents is 1. The normalized spacial score (nSPS) is 15.3. The fourth-order valence-corrected chi connectivity index (χ4v) is 2.46. The van der Waals surface area contributed by atoms with E-state index in [1.165, 1.54) is 6.07 Å². The largest absolute Gasteiger partial charge is 0.383 e. The first-order valence-corrected chi connectivity index (χ1v) is 6.37. The number of ether oxygens (including phenoxy) is 2. The van der Waals surface area contributed by atoms with Crippen molar-refractivity contribution >= 4 is 17.1 Å². The molecule has 0 bridgehead atoms. The molecule has 1 aliphatic heterocycles. The average Bonchev–Trinajstić information content (AvgIpc) is 2.41. The van der Waals surface area contributed by atoms with Crippen molar-refractivity contribution < 1.29 is 14.4 Å². The van der Waals surface area contributed by atoms with E-state index in [1.54, 1.807) is 33.4 Å². The Morgan fingerprint density at radius 3 is 2.55 bits per heavy atom. The number of hydrogen-bond donors (Lipinski definition) is 1. The molecule has 110 valence electrons. The third kappa shape index (κ3) is 2.68. The number of hydrogen-bond acceptors (Lipinski definition) is 6. The van der Waals surface area contributed by atoms with Gasteiger partial charge in [-0.15, -0.1) is 0 Å². The third-order valence-corrected chi connectivity index (χ3v) is 3.57. The zero-order valence-electron chi connectivity index (χ0n) is 11.8. The van der Waals surface area contributed by atoms with Crippen LogP contribution >= 0.6 is 0 Å². The fourth-order valence-electron chi connectivity index (χ4n) is 2.46. The quantitative estimate of drug-likeness (QED) is 0.486. The Labute approximate surface area is 117 Å². The van der Waals surface area contributed by atoms with Crippen LogP contribution in [0.3, 0.4) is 0 Å². The lowest BCUT2D eigenvalue weighted by molar-refractivity contribution is -0.383. The maximum atomic E-state index is 10.9. The van der Waals surface area contributed by atoms with Gasteiger partial charge in [0.25, 0.3) is 5.69 Å². The van der Waals surface area contributed by atoms with Crippen LogP contribution in [0.25, 0.3) is 0 Å². The summed E-state index contributed by atoms with van der Waals surface area (Å²) in [5.41, 5.74) is 1.56. The van der Waals surface area contributed by atoms with Gasteiger partial charge in [-0.3, -0.25) is 10.1 Å². The molecule has 7 nitrogen and oxygen atoms in total. The van der Waals surface area contributed by atoms with Crippen LogP contribution < -0.4 is 10.2 Å². The van der Waals surface area contributed by atoms with E-state index in [2.05, 4.69) is 10.2 Å². The molecule has 0 radical (unpaired) electrons. The zero-order valence-corrected chi connectivity index (χ0v) is 11.8. The van der Waals surface area contributed by atoms with Crippen LogP contribution in [0.15, 0.2) is 18.2 Å². The van der Waals surface area contributed by atoms with E-state index in [0.29, 0.717) is 11.6 Å². The van der Waals surface area contributed by atoms with Crippen LogP contribution in [0.2, 0.25) is 0 Å². The second-order valence-corrected chi connectivity index (χ2v) is 4.71. The Morgan fingerprint density at radius 2 is 2.05 bits per heavy atom. The van der Waals surface area contributed by atoms with Gasteiger partial charge in [-0.1, -0.05) is 0 Å². The van der Waals surface area contributed by atoms with Gasteiger partial charge in [0, 0.05) is 52.0 Å². The SMILES string of the molecule is CNc1cc(N2CC(C(OC)OC)C2)ccc1[N+](=O)[O-]. The lowest BCUT2D eigenvalue weighted by Gasteiger charge is -2.43. The molecule has 1 aromatic rings. The van der Waals surface area contributed by atoms with E-state index in [9.17, 15) is 10.1 Å². The number of nitrogens with zero attached hydrogens (tertiary/aromatic N) is 2. The summed E-state index contributed by atoms with van der Waals surface area (Å²) in [7, 11) is 4.93. The van der Waals surface area contributed by atoms with Gasteiger partial charge in [0.05, 0.1) is 4.92 Å². The minimum Gasteiger partial charge on any atom is -0.383 e. The molecule has 0 amide bonds. The second-order valence-electron chi connectivity index (χ2n) is 4.71. The van der Waals surface area contributed by atoms with Crippen molar-refractivity contribution in [3.05, 3.63) is 28.3 Å². The van der Waals surface area contributed by atoms with Gasteiger partial charge in [0.2, 0.25) is 0 Å². The highest BCUT2D eigenvalue weighted by molar-refractivity contribution is 5.69. The molecule has 0 aromatic heterocycles. The summed E-state index contributed by atoms with van der Waals surface area (Å²) < 4.78 is 10.5. The standard InChI is InChI=1S/C13H19N3O4/c1-14-11-6-10(4-5-12(11)16(17)18)15-7-9(8-15)13(19-2)20-3/h4-6,9,13-14H,7-8H2,1-3H3. The molecular weight excluding hydrogens is 262 g/mol. The molecule has 7 heteroatoms. The molecule has 0 atom stereocenters. The molecule has 1 aromatic carbocycles. The number of methoxy groups -OCH3 is 2. The summed E-state index contributed by atoms with van der Waals surface area (Å²) in [6, 6.07) is 5.09. The topological polar surface area (TPSA) is 76.9 Å². The minimum absolute atomic E-state index is 0.0833. The van der Waals surface area contributed by atoms with Gasteiger partial charge in [-0.25, -0.2) is 0 Å². The monoisotopic (exact) mass is 281 g/mol. The van der Waals surface area contributed by atoms with E-state index >= 15 is 0 Å². The molecule has 20 heavy (non-hydrogen) atoms. The van der Waals surface area contributed by atoms with Gasteiger partial charge in [-0.2, -0.15) is 0 Å². The second kappa shape index (κ2) is 6.06. The van der Waals surface area contributed by atoms with Crippen LogP contribution in [0.1, 0.15) is 0 Å². The maximum Gasteiger partial charge on any atom is 0.292 e. The van der Waals surface area contributed by atoms with Gasteiger partial charge in [0.15, 0.2) is 6.29 Å². The molecular formula is C13H19N3O4. The Bertz CT molecular complexity index is 485. The van der Waals surface area contributed by atoms with E-state index < -0.39 is 0 Å². The van der Waals surface area contributed by atoms with Crippen LogP contribution in [0.4, 0.5) is 17.1 Å². The summed E-state index contributed by atoms with van der Waals surface area (Å²) in [6.45, 7) is 1.63. The van der Waals surface area contributed by atoms with E-state index in [1.807, 2.05) is 0 Å². The first-order valence-electron chi connectivity index (χ1n) is 6.37. The van der Waals surface area contributed by atoms with E-state index in [0.717, 1.165) is 18.8 Å². The van der Waals surface area contributed by atoms with Crippen molar-refractivity contribution in [3.8, 4) is 0 Å². The maximum absolute atomic E-state index is 10.9. The highest BCUT2D eigenvalue weighted by atomic mass is 16.7. The van der Waals surface area contributed by atoms with Gasteiger partial charge in [-0.05, 0) is 12.1 Å². The summed E-state index contributed by atoms with van der Waals surface area (Å²) in [5.74, 6) is 0.318. The first-order chi connectivity index (χ1) is 9.60. The Kier molecular flexibility index (Phi) is 4.41. The first kappa shape index (κ1) is 14.5. The highest BCUT2D eigenvalue weighted by Gasteiger charge is 2.34. The number of anilines is 2. The van der Waals surface area contributed by atoms with E-state index in [4.69, 9.17) is 9.47 Å². The van der Waals surface area contributed by atoms with Crippen molar-refractivity contribution in [1.29, 1.82) is 0 Å².